The van der Waals surface area contributed by atoms with Crippen LogP contribution in [0.5, 0.6) is 0 Å². The van der Waals surface area contributed by atoms with Crippen molar-refractivity contribution in [3.8, 4) is 0 Å². The van der Waals surface area contributed by atoms with Gasteiger partial charge >= 0.3 is 6.03 Å². The topological polar surface area (TPSA) is 58.3 Å². The van der Waals surface area contributed by atoms with Crippen molar-refractivity contribution < 1.29 is 19.4 Å². The summed E-state index contributed by atoms with van der Waals surface area (Å²) < 4.78 is 0. The highest BCUT2D eigenvalue weighted by Gasteiger charge is 2.37. The maximum Gasteiger partial charge on any atom is 0.324 e. The van der Waals surface area contributed by atoms with Gasteiger partial charge in [-0.05, 0) is 13.8 Å². The van der Waals surface area contributed by atoms with Crippen LogP contribution in [0.2, 0.25) is 0 Å². The molecular weight excluding hydrogens is 304 g/mol. The van der Waals surface area contributed by atoms with E-state index in [0.717, 1.165) is 32.7 Å². The second kappa shape index (κ2) is 7.32. The van der Waals surface area contributed by atoms with Gasteiger partial charge in [-0.1, -0.05) is 29.8 Å². The lowest BCUT2D eigenvalue weighted by Gasteiger charge is -2.33. The molecular formula is C18H28N4O2+2. The highest BCUT2D eigenvalue weighted by molar-refractivity contribution is 5.97. The molecule has 3 N–H and O–H groups in total. The number of hydrogen-bond donors (Lipinski definition) is 3. The van der Waals surface area contributed by atoms with Crippen molar-refractivity contribution in [1.82, 2.24) is 10.2 Å². The van der Waals surface area contributed by atoms with Gasteiger partial charge < -0.3 is 15.1 Å². The molecule has 6 nitrogen and oxygen atoms in total. The third-order valence-electron chi connectivity index (χ3n) is 5.24. The minimum absolute atomic E-state index is 0.0397. The molecule has 0 saturated carbocycles. The smallest absolute Gasteiger partial charge is 0.324 e. The van der Waals surface area contributed by atoms with E-state index in [-0.39, 0.29) is 18.0 Å². The predicted octanol–water partition coefficient (Wildman–Crippen LogP) is -1.78. The lowest BCUT2D eigenvalue weighted by molar-refractivity contribution is -1.02. The molecule has 2 fully saturated rings. The SMILES string of the molecule is Cc1cccc(C[NH+]2CC[NH+]([C@@H](C)C(=O)N3CCNC3=O)CC2)c1. The Bertz CT molecular complexity index is 611. The number of imide groups is 1. The van der Waals surface area contributed by atoms with Crippen molar-refractivity contribution >= 4 is 11.9 Å². The summed E-state index contributed by atoms with van der Waals surface area (Å²) in [5.41, 5.74) is 2.69. The van der Waals surface area contributed by atoms with Crippen LogP contribution in [0.4, 0.5) is 4.79 Å². The number of hydrogen-bond acceptors (Lipinski definition) is 2. The van der Waals surface area contributed by atoms with Crippen molar-refractivity contribution in [2.75, 3.05) is 39.3 Å². The molecule has 1 atom stereocenters. The monoisotopic (exact) mass is 332 g/mol. The van der Waals surface area contributed by atoms with Crippen molar-refractivity contribution in [2.45, 2.75) is 26.4 Å². The fourth-order valence-corrected chi connectivity index (χ4v) is 3.74. The van der Waals surface area contributed by atoms with E-state index in [2.05, 4.69) is 36.5 Å². The first kappa shape index (κ1) is 16.9. The van der Waals surface area contributed by atoms with Gasteiger partial charge in [-0.15, -0.1) is 0 Å². The largest absolute Gasteiger partial charge is 0.336 e. The van der Waals surface area contributed by atoms with E-state index >= 15 is 0 Å². The number of quaternary nitrogens is 2. The number of rotatable bonds is 4. The van der Waals surface area contributed by atoms with Crippen LogP contribution in [0.15, 0.2) is 24.3 Å². The molecule has 2 aliphatic rings. The van der Waals surface area contributed by atoms with Crippen LogP contribution < -0.4 is 15.1 Å². The first-order valence-electron chi connectivity index (χ1n) is 8.87. The molecule has 2 saturated heterocycles. The minimum atomic E-state index is -0.241. The lowest BCUT2D eigenvalue weighted by atomic mass is 10.1. The Morgan fingerprint density at radius 1 is 1.29 bits per heavy atom. The van der Waals surface area contributed by atoms with Gasteiger partial charge in [0.2, 0.25) is 0 Å². The lowest BCUT2D eigenvalue weighted by Crippen LogP contribution is -3.29. The molecule has 0 bridgehead atoms. The summed E-state index contributed by atoms with van der Waals surface area (Å²) in [6.07, 6.45) is 0. The first-order valence-corrected chi connectivity index (χ1v) is 8.87. The Morgan fingerprint density at radius 3 is 2.67 bits per heavy atom. The summed E-state index contributed by atoms with van der Waals surface area (Å²) in [7, 11) is 0. The van der Waals surface area contributed by atoms with E-state index in [9.17, 15) is 9.59 Å². The second-order valence-corrected chi connectivity index (χ2v) is 7.02. The summed E-state index contributed by atoms with van der Waals surface area (Å²) in [5.74, 6) is -0.0397. The van der Waals surface area contributed by atoms with Crippen LogP contribution in [0, 0.1) is 6.92 Å². The third-order valence-corrected chi connectivity index (χ3v) is 5.24. The highest BCUT2D eigenvalue weighted by Crippen LogP contribution is 2.02. The number of nitrogens with one attached hydrogen (secondary N) is 3. The van der Waals surface area contributed by atoms with Gasteiger partial charge in [0.15, 0.2) is 6.04 Å². The maximum atomic E-state index is 12.5. The molecule has 130 valence electrons. The molecule has 6 heteroatoms. The number of piperazine rings is 1. The molecule has 0 aromatic heterocycles. The second-order valence-electron chi connectivity index (χ2n) is 7.02. The quantitative estimate of drug-likeness (QED) is 0.611. The Labute approximate surface area is 143 Å². The zero-order chi connectivity index (χ0) is 17.1. The van der Waals surface area contributed by atoms with E-state index in [1.54, 1.807) is 4.90 Å². The van der Waals surface area contributed by atoms with Crippen LogP contribution in [0.3, 0.4) is 0 Å². The zero-order valence-corrected chi connectivity index (χ0v) is 14.6. The summed E-state index contributed by atoms with van der Waals surface area (Å²) in [6.45, 7) is 10.3. The van der Waals surface area contributed by atoms with Crippen LogP contribution in [0.25, 0.3) is 0 Å². The number of benzene rings is 1. The van der Waals surface area contributed by atoms with Crippen LogP contribution in [0.1, 0.15) is 18.1 Å². The molecule has 0 radical (unpaired) electrons. The van der Waals surface area contributed by atoms with Crippen LogP contribution in [-0.2, 0) is 11.3 Å². The Balaban J connectivity index is 1.51. The molecule has 0 aliphatic carbocycles. The average Bonchev–Trinajstić information content (AvgIpc) is 3.00. The van der Waals surface area contributed by atoms with E-state index in [4.69, 9.17) is 0 Å². The number of urea groups is 1. The van der Waals surface area contributed by atoms with Gasteiger partial charge in [-0.25, -0.2) is 4.79 Å². The van der Waals surface area contributed by atoms with Gasteiger partial charge in [0.25, 0.3) is 5.91 Å². The van der Waals surface area contributed by atoms with E-state index in [0.29, 0.717) is 13.1 Å². The normalized spacial score (nSPS) is 25.4. The van der Waals surface area contributed by atoms with Gasteiger partial charge in [0, 0.05) is 18.7 Å². The van der Waals surface area contributed by atoms with Crippen LogP contribution in [-0.4, -0.2) is 62.1 Å². The summed E-state index contributed by atoms with van der Waals surface area (Å²) in [4.78, 5) is 28.4. The van der Waals surface area contributed by atoms with Crippen molar-refractivity contribution in [3.63, 3.8) is 0 Å². The number of carbonyl (C=O) groups excluding carboxylic acids is 2. The first-order chi connectivity index (χ1) is 11.5. The number of nitrogens with zero attached hydrogens (tertiary/aromatic N) is 1. The average molecular weight is 332 g/mol. The Hall–Kier alpha value is -1.92. The molecule has 0 spiro atoms. The van der Waals surface area contributed by atoms with Gasteiger partial charge in [-0.2, -0.15) is 0 Å². The Morgan fingerprint density at radius 2 is 2.04 bits per heavy atom. The maximum absolute atomic E-state index is 12.5. The van der Waals surface area contributed by atoms with Crippen molar-refractivity contribution in [2.24, 2.45) is 0 Å². The zero-order valence-electron chi connectivity index (χ0n) is 14.6. The Kier molecular flexibility index (Phi) is 5.16. The van der Waals surface area contributed by atoms with Crippen molar-refractivity contribution in [1.29, 1.82) is 0 Å². The molecule has 2 heterocycles. The molecule has 24 heavy (non-hydrogen) atoms. The van der Waals surface area contributed by atoms with E-state index < -0.39 is 0 Å². The van der Waals surface area contributed by atoms with Crippen molar-refractivity contribution in [3.05, 3.63) is 35.4 Å². The standard InChI is InChI=1S/C18H26N4O2/c1-14-4-3-5-16(12-14)13-20-8-10-21(11-9-20)15(2)17(23)22-7-6-19-18(22)24/h3-5,12,15H,6-11,13H2,1-2H3,(H,19,24)/p+2/t15-/m0/s1. The summed E-state index contributed by atoms with van der Waals surface area (Å²) in [6, 6.07) is 8.31. The van der Waals surface area contributed by atoms with Gasteiger partial charge in [0.1, 0.15) is 32.7 Å². The summed E-state index contributed by atoms with van der Waals surface area (Å²) >= 11 is 0. The fraction of sp³-hybridized carbons (Fsp3) is 0.556. The highest BCUT2D eigenvalue weighted by atomic mass is 16.2. The molecule has 1 aromatic carbocycles. The number of carbonyl (C=O) groups is 2. The van der Waals surface area contributed by atoms with Gasteiger partial charge in [0.05, 0.1) is 0 Å². The number of amides is 3. The van der Waals surface area contributed by atoms with Crippen LogP contribution >= 0.6 is 0 Å². The third kappa shape index (κ3) is 3.76. The van der Waals surface area contributed by atoms with E-state index in [1.807, 2.05) is 6.92 Å². The number of aryl methyl sites for hydroxylation is 1. The minimum Gasteiger partial charge on any atom is -0.336 e. The molecule has 2 aliphatic heterocycles. The molecule has 3 amide bonds. The fourth-order valence-electron chi connectivity index (χ4n) is 3.74. The molecule has 0 unspecified atom stereocenters. The predicted molar refractivity (Wildman–Crippen MR) is 90.9 cm³/mol. The molecule has 3 rings (SSSR count). The summed E-state index contributed by atoms with van der Waals surface area (Å²) in [5, 5.41) is 2.70. The van der Waals surface area contributed by atoms with Gasteiger partial charge in [-0.3, -0.25) is 9.69 Å². The molecule has 1 aromatic rings. The van der Waals surface area contributed by atoms with E-state index in [1.165, 1.54) is 20.9 Å².